The van der Waals surface area contributed by atoms with Crippen LogP contribution in [0.3, 0.4) is 0 Å². The number of rotatable bonds is 8. The smallest absolute Gasteiger partial charge is 0.220 e. The number of aryl methyl sites for hydroxylation is 1. The van der Waals surface area contributed by atoms with Gasteiger partial charge < -0.3 is 15.2 Å². The first-order chi connectivity index (χ1) is 11.6. The Bertz CT molecular complexity index is 625. The van der Waals surface area contributed by atoms with Crippen molar-refractivity contribution in [3.8, 4) is 5.75 Å². The van der Waals surface area contributed by atoms with Crippen LogP contribution < -0.4 is 10.1 Å². The molecule has 0 aliphatic rings. The predicted molar refractivity (Wildman–Crippen MR) is 94.9 cm³/mol. The first-order valence-corrected chi connectivity index (χ1v) is 8.24. The first-order valence-electron chi connectivity index (χ1n) is 8.24. The van der Waals surface area contributed by atoms with Crippen molar-refractivity contribution in [2.45, 2.75) is 38.3 Å². The molecule has 128 valence electrons. The first kappa shape index (κ1) is 18.0. The van der Waals surface area contributed by atoms with E-state index >= 15 is 0 Å². The molecule has 4 heteroatoms. The van der Waals surface area contributed by atoms with Gasteiger partial charge in [0.25, 0.3) is 0 Å². The minimum Gasteiger partial charge on any atom is -0.497 e. The van der Waals surface area contributed by atoms with Gasteiger partial charge in [-0.15, -0.1) is 0 Å². The van der Waals surface area contributed by atoms with E-state index in [0.29, 0.717) is 19.3 Å². The van der Waals surface area contributed by atoms with Crippen LogP contribution in [0.2, 0.25) is 0 Å². The number of amides is 1. The summed E-state index contributed by atoms with van der Waals surface area (Å²) >= 11 is 0. The zero-order chi connectivity index (χ0) is 17.4. The largest absolute Gasteiger partial charge is 0.497 e. The summed E-state index contributed by atoms with van der Waals surface area (Å²) in [5.74, 6) is 0.810. The fraction of sp³-hybridized carbons (Fsp3) is 0.350. The quantitative estimate of drug-likeness (QED) is 0.782. The summed E-state index contributed by atoms with van der Waals surface area (Å²) in [5.41, 5.74) is 1.97. The molecule has 2 aromatic rings. The topological polar surface area (TPSA) is 58.6 Å². The molecule has 4 nitrogen and oxygen atoms in total. The van der Waals surface area contributed by atoms with Crippen LogP contribution >= 0.6 is 0 Å². The van der Waals surface area contributed by atoms with Gasteiger partial charge in [0.05, 0.1) is 13.2 Å². The van der Waals surface area contributed by atoms with Gasteiger partial charge in [0, 0.05) is 12.5 Å². The minimum atomic E-state index is -0.567. The summed E-state index contributed by atoms with van der Waals surface area (Å²) in [7, 11) is 1.63. The van der Waals surface area contributed by atoms with Crippen molar-refractivity contribution in [2.24, 2.45) is 0 Å². The molecule has 2 aromatic carbocycles. The number of hydrogen-bond acceptors (Lipinski definition) is 3. The van der Waals surface area contributed by atoms with Gasteiger partial charge in [-0.05, 0) is 43.0 Å². The number of benzene rings is 2. The molecule has 0 radical (unpaired) electrons. The average Bonchev–Trinajstić information content (AvgIpc) is 2.61. The summed E-state index contributed by atoms with van der Waals surface area (Å²) in [4.78, 5) is 12.1. The van der Waals surface area contributed by atoms with Crippen LogP contribution in [-0.2, 0) is 11.2 Å². The molecule has 2 rings (SSSR count). The molecule has 0 heterocycles. The molecule has 0 aliphatic carbocycles. The van der Waals surface area contributed by atoms with E-state index in [1.165, 1.54) is 0 Å². The van der Waals surface area contributed by atoms with Gasteiger partial charge >= 0.3 is 0 Å². The second-order valence-corrected chi connectivity index (χ2v) is 5.98. The van der Waals surface area contributed by atoms with Gasteiger partial charge in [-0.25, -0.2) is 0 Å². The van der Waals surface area contributed by atoms with E-state index in [4.69, 9.17) is 4.74 Å². The Morgan fingerprint density at radius 3 is 2.42 bits per heavy atom. The normalized spacial score (nSPS) is 13.1. The molecule has 0 fully saturated rings. The second-order valence-electron chi connectivity index (χ2n) is 5.98. The summed E-state index contributed by atoms with van der Waals surface area (Å²) in [6, 6.07) is 17.1. The lowest BCUT2D eigenvalue weighted by atomic mass is 10.0. The SMILES string of the molecule is COc1ccc(CCC(=O)NC(C)CC(O)c2ccccc2)cc1. The van der Waals surface area contributed by atoms with E-state index in [-0.39, 0.29) is 11.9 Å². The maximum atomic E-state index is 12.1. The highest BCUT2D eigenvalue weighted by molar-refractivity contribution is 5.76. The van der Waals surface area contributed by atoms with E-state index in [0.717, 1.165) is 16.9 Å². The molecule has 0 saturated heterocycles. The summed E-state index contributed by atoms with van der Waals surface area (Å²) in [6.45, 7) is 1.91. The average molecular weight is 327 g/mol. The Hall–Kier alpha value is -2.33. The Kier molecular flexibility index (Phi) is 6.82. The zero-order valence-electron chi connectivity index (χ0n) is 14.2. The van der Waals surface area contributed by atoms with Crippen molar-refractivity contribution in [2.75, 3.05) is 7.11 Å². The molecule has 0 aliphatic heterocycles. The highest BCUT2D eigenvalue weighted by Gasteiger charge is 2.14. The molecule has 2 N–H and O–H groups in total. The standard InChI is InChI=1S/C20H25NO3/c1-15(14-19(22)17-6-4-3-5-7-17)21-20(23)13-10-16-8-11-18(24-2)12-9-16/h3-9,11-12,15,19,22H,10,13-14H2,1-2H3,(H,21,23). The highest BCUT2D eigenvalue weighted by atomic mass is 16.5. The zero-order valence-corrected chi connectivity index (χ0v) is 14.2. The molecular weight excluding hydrogens is 302 g/mol. The number of aliphatic hydroxyl groups excluding tert-OH is 1. The van der Waals surface area contributed by atoms with Gasteiger partial charge in [-0.3, -0.25) is 4.79 Å². The van der Waals surface area contributed by atoms with Gasteiger partial charge in [0.15, 0.2) is 0 Å². The lowest BCUT2D eigenvalue weighted by molar-refractivity contribution is -0.121. The van der Waals surface area contributed by atoms with Crippen molar-refractivity contribution < 1.29 is 14.6 Å². The van der Waals surface area contributed by atoms with Gasteiger partial charge in [-0.2, -0.15) is 0 Å². The Balaban J connectivity index is 1.74. The molecular formula is C20H25NO3. The summed E-state index contributed by atoms with van der Waals surface area (Å²) < 4.78 is 5.12. The maximum Gasteiger partial charge on any atom is 0.220 e. The van der Waals surface area contributed by atoms with Crippen LogP contribution in [0.25, 0.3) is 0 Å². The van der Waals surface area contributed by atoms with Crippen molar-refractivity contribution in [3.05, 3.63) is 65.7 Å². The van der Waals surface area contributed by atoms with Crippen LogP contribution in [0.15, 0.2) is 54.6 Å². The maximum absolute atomic E-state index is 12.1. The molecule has 2 unspecified atom stereocenters. The Morgan fingerprint density at radius 1 is 1.12 bits per heavy atom. The van der Waals surface area contributed by atoms with E-state index in [2.05, 4.69) is 5.32 Å². The Labute approximate surface area is 143 Å². The van der Waals surface area contributed by atoms with Crippen LogP contribution in [0.5, 0.6) is 5.75 Å². The molecule has 0 spiro atoms. The van der Waals surface area contributed by atoms with E-state index in [1.54, 1.807) is 7.11 Å². The number of carbonyl (C=O) groups is 1. The summed E-state index contributed by atoms with van der Waals surface area (Å²) in [6.07, 6.45) is 1.04. The van der Waals surface area contributed by atoms with E-state index < -0.39 is 6.10 Å². The molecule has 0 saturated carbocycles. The lowest BCUT2D eigenvalue weighted by Crippen LogP contribution is -2.33. The van der Waals surface area contributed by atoms with Crippen molar-refractivity contribution in [1.29, 1.82) is 0 Å². The highest BCUT2D eigenvalue weighted by Crippen LogP contribution is 2.18. The minimum absolute atomic E-state index is 0.00132. The third-order valence-electron chi connectivity index (χ3n) is 3.97. The predicted octanol–water partition coefficient (Wildman–Crippen LogP) is 3.26. The van der Waals surface area contributed by atoms with Crippen LogP contribution in [0.1, 0.15) is 37.0 Å². The van der Waals surface area contributed by atoms with Gasteiger partial charge in [0.2, 0.25) is 5.91 Å². The van der Waals surface area contributed by atoms with Crippen LogP contribution in [0, 0.1) is 0 Å². The molecule has 24 heavy (non-hydrogen) atoms. The monoisotopic (exact) mass is 327 g/mol. The van der Waals surface area contributed by atoms with Crippen molar-refractivity contribution in [1.82, 2.24) is 5.32 Å². The van der Waals surface area contributed by atoms with Crippen molar-refractivity contribution >= 4 is 5.91 Å². The number of hydrogen-bond donors (Lipinski definition) is 2. The second kappa shape index (κ2) is 9.08. The number of nitrogens with one attached hydrogen (secondary N) is 1. The third-order valence-corrected chi connectivity index (χ3v) is 3.97. The third kappa shape index (κ3) is 5.70. The number of methoxy groups -OCH3 is 1. The molecule has 0 aromatic heterocycles. The fourth-order valence-corrected chi connectivity index (χ4v) is 2.60. The Morgan fingerprint density at radius 2 is 1.79 bits per heavy atom. The van der Waals surface area contributed by atoms with Crippen LogP contribution in [-0.4, -0.2) is 24.2 Å². The lowest BCUT2D eigenvalue weighted by Gasteiger charge is -2.18. The number of carbonyl (C=O) groups excluding carboxylic acids is 1. The summed E-state index contributed by atoms with van der Waals surface area (Å²) in [5, 5.41) is 13.1. The number of ether oxygens (including phenoxy) is 1. The van der Waals surface area contributed by atoms with Gasteiger partial charge in [-0.1, -0.05) is 42.5 Å². The molecule has 0 bridgehead atoms. The van der Waals surface area contributed by atoms with Gasteiger partial charge in [0.1, 0.15) is 5.75 Å². The van der Waals surface area contributed by atoms with E-state index in [9.17, 15) is 9.90 Å². The number of aliphatic hydroxyl groups is 1. The van der Waals surface area contributed by atoms with Crippen molar-refractivity contribution in [3.63, 3.8) is 0 Å². The molecule has 2 atom stereocenters. The fourth-order valence-electron chi connectivity index (χ4n) is 2.60. The molecule has 1 amide bonds. The van der Waals surface area contributed by atoms with E-state index in [1.807, 2.05) is 61.5 Å². The van der Waals surface area contributed by atoms with Crippen LogP contribution in [0.4, 0.5) is 0 Å².